The topological polar surface area (TPSA) is 38.3 Å². The predicted molar refractivity (Wildman–Crippen MR) is 104 cm³/mol. The molecule has 0 aliphatic heterocycles. The Balaban J connectivity index is 2.03. The minimum Gasteiger partial charge on any atom is -0.465 e. The first-order chi connectivity index (χ1) is 11.9. The Morgan fingerprint density at radius 1 is 1.04 bits per heavy atom. The van der Waals surface area contributed by atoms with E-state index >= 15 is 0 Å². The molecule has 2 rings (SSSR count). The van der Waals surface area contributed by atoms with Crippen molar-refractivity contribution in [1.29, 1.82) is 0 Å². The van der Waals surface area contributed by atoms with Crippen molar-refractivity contribution in [2.75, 3.05) is 19.5 Å². The van der Waals surface area contributed by atoms with Crippen LogP contribution in [-0.2, 0) is 23.0 Å². The molecule has 0 bridgehead atoms. The highest BCUT2D eigenvalue weighted by atomic mass is 16.5. The molecule has 0 aromatic heterocycles. The lowest BCUT2D eigenvalue weighted by molar-refractivity contribution is 0.0601. The van der Waals surface area contributed by atoms with Gasteiger partial charge in [0.25, 0.3) is 0 Å². The van der Waals surface area contributed by atoms with E-state index in [2.05, 4.69) is 56.4 Å². The summed E-state index contributed by atoms with van der Waals surface area (Å²) in [6, 6.07) is 14.7. The molecule has 0 fully saturated rings. The number of ether oxygens (including phenoxy) is 1. The van der Waals surface area contributed by atoms with E-state index in [1.807, 2.05) is 13.1 Å². The summed E-state index contributed by atoms with van der Waals surface area (Å²) in [5.41, 5.74) is 5.52. The second-order valence-electron chi connectivity index (χ2n) is 7.38. The largest absolute Gasteiger partial charge is 0.465 e. The molecular weight excluding hydrogens is 310 g/mol. The molecule has 0 aliphatic rings. The molecule has 0 saturated heterocycles. The molecule has 0 radical (unpaired) electrons. The number of para-hydroxylation sites is 1. The van der Waals surface area contributed by atoms with E-state index < -0.39 is 0 Å². The summed E-state index contributed by atoms with van der Waals surface area (Å²) in [5, 5.41) is 3.15. The third-order valence-corrected chi connectivity index (χ3v) is 4.54. The van der Waals surface area contributed by atoms with Crippen LogP contribution in [0.25, 0.3) is 0 Å². The molecule has 134 valence electrons. The van der Waals surface area contributed by atoms with E-state index in [1.54, 1.807) is 6.07 Å². The molecule has 25 heavy (non-hydrogen) atoms. The van der Waals surface area contributed by atoms with Crippen molar-refractivity contribution in [3.05, 3.63) is 64.7 Å². The van der Waals surface area contributed by atoms with E-state index in [9.17, 15) is 4.79 Å². The Bertz CT molecular complexity index is 712. The molecular formula is C22H29NO2. The van der Waals surface area contributed by atoms with Crippen LogP contribution < -0.4 is 5.32 Å². The SMILES string of the molecule is CNc1c(CCCc2ccc(C(C)(C)C)cc2)cccc1C(=O)OC. The van der Waals surface area contributed by atoms with Gasteiger partial charge in [-0.05, 0) is 47.4 Å². The van der Waals surface area contributed by atoms with Crippen LogP contribution in [0.15, 0.2) is 42.5 Å². The highest BCUT2D eigenvalue weighted by Crippen LogP contribution is 2.25. The number of hydrogen-bond acceptors (Lipinski definition) is 3. The first kappa shape index (κ1) is 19.0. The van der Waals surface area contributed by atoms with Gasteiger partial charge in [0, 0.05) is 7.05 Å². The van der Waals surface area contributed by atoms with Crippen molar-refractivity contribution in [1.82, 2.24) is 0 Å². The van der Waals surface area contributed by atoms with Crippen LogP contribution in [-0.4, -0.2) is 20.1 Å². The van der Waals surface area contributed by atoms with Crippen LogP contribution in [0.5, 0.6) is 0 Å². The van der Waals surface area contributed by atoms with Gasteiger partial charge >= 0.3 is 5.97 Å². The van der Waals surface area contributed by atoms with Gasteiger partial charge in [-0.3, -0.25) is 0 Å². The summed E-state index contributed by atoms with van der Waals surface area (Å²) >= 11 is 0. The van der Waals surface area contributed by atoms with Crippen LogP contribution in [0.4, 0.5) is 5.69 Å². The second-order valence-corrected chi connectivity index (χ2v) is 7.38. The minimum atomic E-state index is -0.302. The van der Waals surface area contributed by atoms with Gasteiger partial charge in [-0.15, -0.1) is 0 Å². The van der Waals surface area contributed by atoms with E-state index in [0.29, 0.717) is 5.56 Å². The van der Waals surface area contributed by atoms with E-state index in [1.165, 1.54) is 18.2 Å². The summed E-state index contributed by atoms with van der Waals surface area (Å²) in [6.07, 6.45) is 2.98. The average Bonchev–Trinajstić information content (AvgIpc) is 2.60. The van der Waals surface area contributed by atoms with Gasteiger partial charge in [0.1, 0.15) is 0 Å². The molecule has 0 atom stereocenters. The first-order valence-corrected chi connectivity index (χ1v) is 8.84. The second kappa shape index (κ2) is 8.19. The van der Waals surface area contributed by atoms with Crippen molar-refractivity contribution in [2.24, 2.45) is 0 Å². The van der Waals surface area contributed by atoms with Crippen LogP contribution >= 0.6 is 0 Å². The predicted octanol–water partition coefficient (Wildman–Crippen LogP) is 4.99. The highest BCUT2D eigenvalue weighted by Gasteiger charge is 2.15. The van der Waals surface area contributed by atoms with Gasteiger partial charge in [0.2, 0.25) is 0 Å². The normalized spacial score (nSPS) is 11.2. The van der Waals surface area contributed by atoms with Gasteiger partial charge in [-0.25, -0.2) is 4.79 Å². The maximum atomic E-state index is 11.9. The molecule has 0 aliphatic carbocycles. The average molecular weight is 339 g/mol. The van der Waals surface area contributed by atoms with Crippen LogP contribution in [0.3, 0.4) is 0 Å². The zero-order chi connectivity index (χ0) is 18.4. The lowest BCUT2D eigenvalue weighted by atomic mass is 9.86. The number of carbonyl (C=O) groups excluding carboxylic acids is 1. The smallest absolute Gasteiger partial charge is 0.339 e. The molecule has 2 aromatic carbocycles. The van der Waals surface area contributed by atoms with Gasteiger partial charge in [-0.2, -0.15) is 0 Å². The molecule has 0 amide bonds. The van der Waals surface area contributed by atoms with Crippen molar-refractivity contribution >= 4 is 11.7 Å². The van der Waals surface area contributed by atoms with Crippen LogP contribution in [0.2, 0.25) is 0 Å². The molecule has 0 heterocycles. The Morgan fingerprint density at radius 2 is 1.72 bits per heavy atom. The fraction of sp³-hybridized carbons (Fsp3) is 0.409. The van der Waals surface area contributed by atoms with Crippen molar-refractivity contribution in [3.63, 3.8) is 0 Å². The van der Waals surface area contributed by atoms with Gasteiger partial charge in [-0.1, -0.05) is 57.2 Å². The van der Waals surface area contributed by atoms with Gasteiger partial charge in [0.05, 0.1) is 18.4 Å². The summed E-state index contributed by atoms with van der Waals surface area (Å²) in [5.74, 6) is -0.302. The third-order valence-electron chi connectivity index (χ3n) is 4.54. The monoisotopic (exact) mass is 339 g/mol. The molecule has 3 heteroatoms. The molecule has 0 saturated carbocycles. The molecule has 0 spiro atoms. The fourth-order valence-electron chi connectivity index (χ4n) is 3.04. The highest BCUT2D eigenvalue weighted by molar-refractivity contribution is 5.96. The molecule has 3 nitrogen and oxygen atoms in total. The van der Waals surface area contributed by atoms with Crippen LogP contribution in [0.1, 0.15) is 54.2 Å². The maximum Gasteiger partial charge on any atom is 0.339 e. The fourth-order valence-corrected chi connectivity index (χ4v) is 3.04. The zero-order valence-corrected chi connectivity index (χ0v) is 16.0. The van der Waals surface area contributed by atoms with Gasteiger partial charge < -0.3 is 10.1 Å². The standard InChI is InChI=1S/C22H29NO2/c1-22(2,3)18-14-12-16(13-15-18)8-6-9-17-10-7-11-19(20(17)23-4)21(24)25-5/h7,10-15,23H,6,8-9H2,1-5H3. The molecule has 2 aromatic rings. The zero-order valence-electron chi connectivity index (χ0n) is 16.0. The van der Waals surface area contributed by atoms with E-state index in [0.717, 1.165) is 30.5 Å². The Hall–Kier alpha value is -2.29. The summed E-state index contributed by atoms with van der Waals surface area (Å²) in [7, 11) is 3.26. The number of carbonyl (C=O) groups is 1. The lowest BCUT2D eigenvalue weighted by Crippen LogP contribution is -2.10. The summed E-state index contributed by atoms with van der Waals surface area (Å²) in [6.45, 7) is 6.70. The number of methoxy groups -OCH3 is 1. The third kappa shape index (κ3) is 4.85. The number of nitrogens with one attached hydrogen (secondary N) is 1. The summed E-state index contributed by atoms with van der Waals surface area (Å²) in [4.78, 5) is 11.9. The molecule has 0 unspecified atom stereocenters. The number of hydrogen-bond donors (Lipinski definition) is 1. The van der Waals surface area contributed by atoms with Crippen LogP contribution in [0, 0.1) is 0 Å². The minimum absolute atomic E-state index is 0.189. The number of benzene rings is 2. The Kier molecular flexibility index (Phi) is 6.24. The number of anilines is 1. The quantitative estimate of drug-likeness (QED) is 0.754. The van der Waals surface area contributed by atoms with Gasteiger partial charge in [0.15, 0.2) is 0 Å². The van der Waals surface area contributed by atoms with E-state index in [-0.39, 0.29) is 11.4 Å². The Morgan fingerprint density at radius 3 is 2.28 bits per heavy atom. The Labute approximate surface area is 151 Å². The lowest BCUT2D eigenvalue weighted by Gasteiger charge is -2.19. The maximum absolute atomic E-state index is 11.9. The number of esters is 1. The number of aryl methyl sites for hydroxylation is 2. The summed E-state index contributed by atoms with van der Waals surface area (Å²) < 4.78 is 4.87. The van der Waals surface area contributed by atoms with Crippen molar-refractivity contribution in [2.45, 2.75) is 45.4 Å². The first-order valence-electron chi connectivity index (χ1n) is 8.84. The van der Waals surface area contributed by atoms with E-state index in [4.69, 9.17) is 4.74 Å². The van der Waals surface area contributed by atoms with Crippen molar-refractivity contribution in [3.8, 4) is 0 Å². The number of rotatable bonds is 6. The molecule has 1 N–H and O–H groups in total. The van der Waals surface area contributed by atoms with Crippen molar-refractivity contribution < 1.29 is 9.53 Å².